The number of likely N-dealkylation sites (tertiary alicyclic amines) is 1. The molecule has 2 aliphatic rings. The number of nitrogens with zero attached hydrogens (tertiary/aromatic N) is 2. The van der Waals surface area contributed by atoms with Crippen LogP contribution in [-0.2, 0) is 20.6 Å². The quantitative estimate of drug-likeness (QED) is 0.238. The van der Waals surface area contributed by atoms with Gasteiger partial charge in [-0.05, 0) is 78.6 Å². The Hall–Kier alpha value is -2.71. The highest BCUT2D eigenvalue weighted by molar-refractivity contribution is 7.88. The molecule has 0 bridgehead atoms. The zero-order valence-corrected chi connectivity index (χ0v) is 25.4. The fourth-order valence-corrected chi connectivity index (χ4v) is 7.65. The molecule has 1 aliphatic heterocycles. The Labute approximate surface area is 252 Å². The maximum absolute atomic E-state index is 14.6. The third-order valence-electron chi connectivity index (χ3n) is 8.30. The van der Waals surface area contributed by atoms with Gasteiger partial charge in [-0.25, -0.2) is 13.1 Å². The first kappa shape index (κ1) is 29.8. The Kier molecular flexibility index (Phi) is 8.90. The van der Waals surface area contributed by atoms with Gasteiger partial charge < -0.3 is 4.90 Å². The van der Waals surface area contributed by atoms with Gasteiger partial charge in [0.2, 0.25) is 15.9 Å². The average Bonchev–Trinajstić information content (AvgIpc) is 3.77. The van der Waals surface area contributed by atoms with Gasteiger partial charge in [-0.3, -0.25) is 9.78 Å². The molecule has 4 atom stereocenters. The number of sulfonamides is 1. The average molecular weight is 613 g/mol. The molecule has 5 rings (SSSR count). The summed E-state index contributed by atoms with van der Waals surface area (Å²) in [6.45, 7) is 6.09. The monoisotopic (exact) mass is 611 g/mol. The molecule has 1 aliphatic carbocycles. The lowest BCUT2D eigenvalue weighted by atomic mass is 9.67. The molecule has 216 valence electrons. The summed E-state index contributed by atoms with van der Waals surface area (Å²) in [5, 5.41) is 1.24. The van der Waals surface area contributed by atoms with Crippen LogP contribution in [-0.4, -0.2) is 36.8 Å². The molecule has 1 unspecified atom stereocenters. The summed E-state index contributed by atoms with van der Waals surface area (Å²) in [6.07, 6.45) is 7.96. The smallest absolute Gasteiger partial charge is 0.229 e. The molecule has 1 aromatic heterocycles. The van der Waals surface area contributed by atoms with Gasteiger partial charge in [-0.2, -0.15) is 0 Å². The minimum absolute atomic E-state index is 0.0129. The van der Waals surface area contributed by atoms with Crippen molar-refractivity contribution in [3.8, 4) is 0 Å². The van der Waals surface area contributed by atoms with Gasteiger partial charge in [0.05, 0.1) is 17.2 Å². The molecule has 6 nitrogen and oxygen atoms in total. The topological polar surface area (TPSA) is 79.4 Å². The highest BCUT2D eigenvalue weighted by atomic mass is 35.5. The molecule has 1 amide bonds. The van der Waals surface area contributed by atoms with Crippen molar-refractivity contribution in [1.82, 2.24) is 14.6 Å². The number of hydrogen-bond donors (Lipinski definition) is 1. The van der Waals surface area contributed by atoms with Gasteiger partial charge in [-0.15, -0.1) is 6.58 Å². The van der Waals surface area contributed by atoms with E-state index >= 15 is 0 Å². The van der Waals surface area contributed by atoms with Gasteiger partial charge in [-0.1, -0.05) is 66.5 Å². The second-order valence-electron chi connectivity index (χ2n) is 11.5. The van der Waals surface area contributed by atoms with Gasteiger partial charge in [0.1, 0.15) is 0 Å². The fourth-order valence-electron chi connectivity index (χ4n) is 6.19. The lowest BCUT2D eigenvalue weighted by molar-refractivity contribution is -0.155. The highest BCUT2D eigenvalue weighted by Gasteiger charge is 2.53. The summed E-state index contributed by atoms with van der Waals surface area (Å²) in [5.41, 5.74) is 1.89. The molecule has 0 radical (unpaired) electrons. The zero-order valence-electron chi connectivity index (χ0n) is 23.0. The second-order valence-corrected chi connectivity index (χ2v) is 14.2. The Bertz CT molecular complexity index is 1500. The third kappa shape index (κ3) is 6.86. The Morgan fingerprint density at radius 3 is 2.49 bits per heavy atom. The van der Waals surface area contributed by atoms with E-state index in [4.69, 9.17) is 23.2 Å². The summed E-state index contributed by atoms with van der Waals surface area (Å²) in [7, 11) is -3.67. The zero-order chi connectivity index (χ0) is 29.2. The Morgan fingerprint density at radius 1 is 1.10 bits per heavy atom. The maximum atomic E-state index is 14.6. The number of piperidine rings is 1. The lowest BCUT2D eigenvalue weighted by Gasteiger charge is -2.52. The predicted molar refractivity (Wildman–Crippen MR) is 164 cm³/mol. The van der Waals surface area contributed by atoms with Crippen molar-refractivity contribution < 1.29 is 13.2 Å². The van der Waals surface area contributed by atoms with Crippen LogP contribution in [0.2, 0.25) is 10.0 Å². The molecule has 1 saturated heterocycles. The molecule has 2 aromatic carbocycles. The van der Waals surface area contributed by atoms with Gasteiger partial charge in [0.15, 0.2) is 0 Å². The van der Waals surface area contributed by atoms with Crippen molar-refractivity contribution >= 4 is 39.1 Å². The maximum Gasteiger partial charge on any atom is 0.229 e. The van der Waals surface area contributed by atoms with E-state index in [1.165, 1.54) is 0 Å². The largest absolute Gasteiger partial charge is 0.330 e. The molecule has 41 heavy (non-hydrogen) atoms. The number of allylic oxidation sites excluding steroid dienone is 1. The minimum atomic E-state index is -3.67. The van der Waals surface area contributed by atoms with E-state index in [1.807, 2.05) is 54.3 Å². The van der Waals surface area contributed by atoms with Crippen LogP contribution in [0.15, 0.2) is 85.7 Å². The molecule has 2 fully saturated rings. The van der Waals surface area contributed by atoms with Crippen molar-refractivity contribution in [2.45, 2.75) is 56.4 Å². The predicted octanol–water partition coefficient (Wildman–Crippen LogP) is 6.93. The molecule has 9 heteroatoms. The number of amides is 1. The first-order valence-corrected chi connectivity index (χ1v) is 16.3. The summed E-state index contributed by atoms with van der Waals surface area (Å²) >= 11 is 12.7. The molecule has 0 spiro atoms. The number of carbonyl (C=O) groups is 1. The van der Waals surface area contributed by atoms with E-state index in [0.717, 1.165) is 24.0 Å². The van der Waals surface area contributed by atoms with Crippen LogP contribution in [0.25, 0.3) is 0 Å². The van der Waals surface area contributed by atoms with Crippen LogP contribution >= 0.6 is 23.2 Å². The van der Waals surface area contributed by atoms with Crippen molar-refractivity contribution in [2.75, 3.05) is 6.54 Å². The lowest BCUT2D eigenvalue weighted by Crippen LogP contribution is -2.58. The highest BCUT2D eigenvalue weighted by Crippen LogP contribution is 2.54. The van der Waals surface area contributed by atoms with Crippen molar-refractivity contribution in [2.24, 2.45) is 11.3 Å². The third-order valence-corrected chi connectivity index (χ3v) is 10.1. The van der Waals surface area contributed by atoms with E-state index in [9.17, 15) is 13.2 Å². The van der Waals surface area contributed by atoms with E-state index < -0.39 is 15.4 Å². The first-order chi connectivity index (χ1) is 19.6. The number of pyridine rings is 1. The van der Waals surface area contributed by atoms with E-state index in [0.29, 0.717) is 28.5 Å². The van der Waals surface area contributed by atoms with Crippen molar-refractivity contribution in [3.05, 3.63) is 112 Å². The summed E-state index contributed by atoms with van der Waals surface area (Å²) in [4.78, 5) is 20.6. The van der Waals surface area contributed by atoms with Crippen LogP contribution in [0.3, 0.4) is 0 Å². The van der Waals surface area contributed by atoms with Crippen molar-refractivity contribution in [1.29, 1.82) is 0 Å². The molecule has 3 aromatic rings. The number of rotatable bonds is 11. The number of benzene rings is 2. The normalized spacial score (nSPS) is 23.8. The van der Waals surface area contributed by atoms with E-state index in [2.05, 4.69) is 22.4 Å². The van der Waals surface area contributed by atoms with Crippen LogP contribution in [0.1, 0.15) is 61.3 Å². The number of halogens is 2. The first-order valence-electron chi connectivity index (χ1n) is 13.9. The molecule has 2 heterocycles. The fraction of sp³-hybridized carbons (Fsp3) is 0.375. The van der Waals surface area contributed by atoms with Crippen LogP contribution < -0.4 is 4.72 Å². The molecule has 1 saturated carbocycles. The van der Waals surface area contributed by atoms with E-state index in [1.54, 1.807) is 30.6 Å². The van der Waals surface area contributed by atoms with Crippen LogP contribution in [0.5, 0.6) is 0 Å². The van der Waals surface area contributed by atoms with Crippen LogP contribution in [0.4, 0.5) is 0 Å². The summed E-state index contributed by atoms with van der Waals surface area (Å²) < 4.78 is 29.2. The summed E-state index contributed by atoms with van der Waals surface area (Å²) in [6, 6.07) is 18.3. The Morgan fingerprint density at radius 2 is 1.85 bits per heavy atom. The van der Waals surface area contributed by atoms with Crippen molar-refractivity contribution in [3.63, 3.8) is 0 Å². The summed E-state index contributed by atoms with van der Waals surface area (Å²) in [5.74, 6) is -0.0442. The van der Waals surface area contributed by atoms with Gasteiger partial charge in [0.25, 0.3) is 0 Å². The number of hydrogen-bond acceptors (Lipinski definition) is 4. The minimum Gasteiger partial charge on any atom is -0.330 e. The number of carbonyl (C=O) groups excluding carboxylic acids is 1. The standard InChI is InChI=1S/C32H35Cl2N3O3S/c1-3-15-32(2)18-28(25-7-4-8-27(34)17-25)30(24-11-13-26(33)14-12-24)37(31(32)38)29(23-9-10-23)20-36-41(39,40)21-22-6-5-16-35-19-22/h3-8,11-14,16-17,19,23,28-30,36H,1,9-10,15,18,20-21H2,2H3/t28?,29-,30-,32+/m1/s1. The van der Waals surface area contributed by atoms with E-state index in [-0.39, 0.29) is 42.1 Å². The molecular formula is C32H35Cl2N3O3S. The number of nitrogens with one attached hydrogen (secondary N) is 1. The van der Waals surface area contributed by atoms with Gasteiger partial charge >= 0.3 is 0 Å². The van der Waals surface area contributed by atoms with Gasteiger partial charge in [0, 0.05) is 40.9 Å². The Balaban J connectivity index is 1.56. The molecule has 1 N–H and O–H groups in total. The molecular weight excluding hydrogens is 577 g/mol. The van der Waals surface area contributed by atoms with Crippen LogP contribution in [0, 0.1) is 11.3 Å². The second kappa shape index (κ2) is 12.3. The SMILES string of the molecule is C=CC[C@@]1(C)CC(c2cccc(Cl)c2)[C@@H](c2ccc(Cl)cc2)N([C@H](CNS(=O)(=O)Cc2cccnc2)C2CC2)C1=O. The number of aromatic nitrogens is 1.